The monoisotopic (exact) mass is 140 g/mol. The van der Waals surface area contributed by atoms with Gasteiger partial charge in [0, 0.05) is 6.42 Å². The molecule has 1 aromatic rings. The third-order valence-corrected chi connectivity index (χ3v) is 0.986. The van der Waals surface area contributed by atoms with Crippen molar-refractivity contribution in [3.8, 4) is 5.88 Å². The van der Waals surface area contributed by atoms with E-state index in [0.717, 1.165) is 0 Å². The highest BCUT2D eigenvalue weighted by atomic mass is 16.5. The van der Waals surface area contributed by atoms with E-state index in [1.54, 1.807) is 6.92 Å². The fourth-order valence-electron chi connectivity index (χ4n) is 0.494. The molecular formula is C6H8N2O2. The summed E-state index contributed by atoms with van der Waals surface area (Å²) in [5.41, 5.74) is 0. The molecule has 0 aliphatic carbocycles. The van der Waals surface area contributed by atoms with Gasteiger partial charge in [0.15, 0.2) is 0 Å². The van der Waals surface area contributed by atoms with Crippen LogP contribution in [0.3, 0.4) is 0 Å². The van der Waals surface area contributed by atoms with Gasteiger partial charge in [-0.25, -0.2) is 4.98 Å². The Morgan fingerprint density at radius 1 is 1.90 bits per heavy atom. The molecule has 4 nitrogen and oxygen atoms in total. The van der Waals surface area contributed by atoms with Crippen LogP contribution in [0.25, 0.3) is 0 Å². The van der Waals surface area contributed by atoms with Crippen molar-refractivity contribution in [1.29, 1.82) is 0 Å². The minimum Gasteiger partial charge on any atom is -0.408 e. The number of imidazole rings is 1. The molecule has 0 spiro atoms. The number of hydrogen-bond donors (Lipinski definition) is 1. The maximum absolute atomic E-state index is 10.6. The van der Waals surface area contributed by atoms with Crippen LogP contribution in [0.4, 0.5) is 0 Å². The van der Waals surface area contributed by atoms with Crippen molar-refractivity contribution in [1.82, 2.24) is 9.97 Å². The zero-order chi connectivity index (χ0) is 7.40. The fourth-order valence-corrected chi connectivity index (χ4v) is 0.494. The molecule has 54 valence electrons. The van der Waals surface area contributed by atoms with E-state index in [0.29, 0.717) is 12.3 Å². The first-order chi connectivity index (χ1) is 4.83. The van der Waals surface area contributed by atoms with Crippen LogP contribution < -0.4 is 4.74 Å². The summed E-state index contributed by atoms with van der Waals surface area (Å²) in [6.07, 6.45) is 3.28. The van der Waals surface area contributed by atoms with Gasteiger partial charge in [0.2, 0.25) is 5.88 Å². The maximum atomic E-state index is 10.6. The van der Waals surface area contributed by atoms with Crippen molar-refractivity contribution in [2.75, 3.05) is 0 Å². The number of hydrogen-bond acceptors (Lipinski definition) is 3. The summed E-state index contributed by atoms with van der Waals surface area (Å²) in [7, 11) is 0. The van der Waals surface area contributed by atoms with Gasteiger partial charge < -0.3 is 9.72 Å². The van der Waals surface area contributed by atoms with Crippen LogP contribution in [-0.4, -0.2) is 15.9 Å². The molecule has 0 aromatic carbocycles. The zero-order valence-corrected chi connectivity index (χ0v) is 5.63. The number of aromatic amines is 1. The Hall–Kier alpha value is -1.32. The van der Waals surface area contributed by atoms with Crippen LogP contribution in [-0.2, 0) is 4.79 Å². The Morgan fingerprint density at radius 2 is 2.70 bits per heavy atom. The van der Waals surface area contributed by atoms with E-state index in [9.17, 15) is 4.79 Å². The van der Waals surface area contributed by atoms with E-state index < -0.39 is 0 Å². The highest BCUT2D eigenvalue weighted by Gasteiger charge is 2.00. The predicted octanol–water partition coefficient (Wildman–Crippen LogP) is 0.725. The lowest BCUT2D eigenvalue weighted by Gasteiger charge is -1.95. The Bertz CT molecular complexity index is 206. The summed E-state index contributed by atoms with van der Waals surface area (Å²) in [6, 6.07) is 0. The van der Waals surface area contributed by atoms with Crippen molar-refractivity contribution in [3.63, 3.8) is 0 Å². The highest BCUT2D eigenvalue weighted by molar-refractivity contribution is 5.71. The first-order valence-electron chi connectivity index (χ1n) is 3.02. The molecule has 0 unspecified atom stereocenters. The molecule has 0 aliphatic rings. The first-order valence-corrected chi connectivity index (χ1v) is 3.02. The largest absolute Gasteiger partial charge is 0.408 e. The smallest absolute Gasteiger partial charge is 0.312 e. The molecule has 10 heavy (non-hydrogen) atoms. The molecule has 4 heteroatoms. The molecule has 0 bridgehead atoms. The van der Waals surface area contributed by atoms with Crippen LogP contribution >= 0.6 is 0 Å². The Balaban J connectivity index is 2.48. The second-order valence-electron chi connectivity index (χ2n) is 1.74. The molecule has 0 saturated heterocycles. The summed E-state index contributed by atoms with van der Waals surface area (Å²) in [4.78, 5) is 16.9. The number of nitrogens with one attached hydrogen (secondary N) is 1. The summed E-state index contributed by atoms with van der Waals surface area (Å²) in [5.74, 6) is 0.135. The van der Waals surface area contributed by atoms with Crippen molar-refractivity contribution >= 4 is 5.97 Å². The Morgan fingerprint density at radius 3 is 3.20 bits per heavy atom. The quantitative estimate of drug-likeness (QED) is 0.616. The summed E-state index contributed by atoms with van der Waals surface area (Å²) in [5, 5.41) is 0. The molecular weight excluding hydrogens is 132 g/mol. The number of carbonyl (C=O) groups is 1. The number of H-pyrrole nitrogens is 1. The van der Waals surface area contributed by atoms with Gasteiger partial charge >= 0.3 is 5.97 Å². The van der Waals surface area contributed by atoms with E-state index in [4.69, 9.17) is 4.74 Å². The number of carbonyl (C=O) groups excluding carboxylic acids is 1. The third-order valence-electron chi connectivity index (χ3n) is 0.986. The molecule has 1 aromatic heterocycles. The average Bonchev–Trinajstić information content (AvgIpc) is 2.40. The maximum Gasteiger partial charge on any atom is 0.312 e. The average molecular weight is 140 g/mol. The van der Waals surface area contributed by atoms with Crippen LogP contribution in [0, 0.1) is 0 Å². The minimum atomic E-state index is -0.260. The highest BCUT2D eigenvalue weighted by Crippen LogP contribution is 2.01. The van der Waals surface area contributed by atoms with Crippen LogP contribution in [0.5, 0.6) is 5.88 Å². The van der Waals surface area contributed by atoms with Gasteiger partial charge in [0.25, 0.3) is 0 Å². The lowest BCUT2D eigenvalue weighted by molar-refractivity contribution is -0.134. The molecule has 1 N–H and O–H groups in total. The summed E-state index contributed by atoms with van der Waals surface area (Å²) in [6.45, 7) is 1.73. The first kappa shape index (κ1) is 6.80. The number of rotatable bonds is 2. The van der Waals surface area contributed by atoms with E-state index in [1.807, 2.05) is 0 Å². The summed E-state index contributed by atoms with van der Waals surface area (Å²) >= 11 is 0. The minimum absolute atomic E-state index is 0.260. The standard InChI is InChI=1S/C6H8N2O2/c1-2-6(9)10-5-3-7-4-8-5/h3-4H,2H2,1H3,(H,7,8). The molecule has 0 radical (unpaired) electrons. The SMILES string of the molecule is CCC(=O)Oc1cnc[nH]1. The van der Waals surface area contributed by atoms with Gasteiger partial charge in [-0.2, -0.15) is 0 Å². The molecule has 0 amide bonds. The number of aromatic nitrogens is 2. The van der Waals surface area contributed by atoms with Gasteiger partial charge in [-0.1, -0.05) is 6.92 Å². The van der Waals surface area contributed by atoms with E-state index in [-0.39, 0.29) is 5.97 Å². The van der Waals surface area contributed by atoms with Crippen molar-refractivity contribution in [2.45, 2.75) is 13.3 Å². The van der Waals surface area contributed by atoms with Crippen LogP contribution in [0.2, 0.25) is 0 Å². The molecule has 1 rings (SSSR count). The topological polar surface area (TPSA) is 55.0 Å². The molecule has 0 saturated carbocycles. The number of esters is 1. The van der Waals surface area contributed by atoms with Gasteiger partial charge in [0.1, 0.15) is 0 Å². The van der Waals surface area contributed by atoms with E-state index in [2.05, 4.69) is 9.97 Å². The van der Waals surface area contributed by atoms with Crippen molar-refractivity contribution < 1.29 is 9.53 Å². The lowest BCUT2D eigenvalue weighted by Crippen LogP contribution is -2.05. The molecule has 1 heterocycles. The van der Waals surface area contributed by atoms with E-state index >= 15 is 0 Å². The zero-order valence-electron chi connectivity index (χ0n) is 5.63. The second kappa shape index (κ2) is 3.00. The van der Waals surface area contributed by atoms with Gasteiger partial charge in [0.05, 0.1) is 12.5 Å². The predicted molar refractivity (Wildman–Crippen MR) is 34.5 cm³/mol. The number of nitrogens with zero attached hydrogens (tertiary/aromatic N) is 1. The van der Waals surface area contributed by atoms with Gasteiger partial charge in [-0.05, 0) is 0 Å². The van der Waals surface area contributed by atoms with Crippen LogP contribution in [0.15, 0.2) is 12.5 Å². The molecule has 0 aliphatic heterocycles. The van der Waals surface area contributed by atoms with E-state index in [1.165, 1.54) is 12.5 Å². The fraction of sp³-hybridized carbons (Fsp3) is 0.333. The van der Waals surface area contributed by atoms with Gasteiger partial charge in [-0.15, -0.1) is 0 Å². The normalized spacial score (nSPS) is 9.30. The Labute approximate surface area is 58.2 Å². The second-order valence-corrected chi connectivity index (χ2v) is 1.74. The summed E-state index contributed by atoms with van der Waals surface area (Å²) < 4.78 is 4.75. The third kappa shape index (κ3) is 1.58. The van der Waals surface area contributed by atoms with Crippen LogP contribution in [0.1, 0.15) is 13.3 Å². The Kier molecular flexibility index (Phi) is 2.04. The van der Waals surface area contributed by atoms with Gasteiger partial charge in [-0.3, -0.25) is 4.79 Å². The number of ether oxygens (including phenoxy) is 1. The van der Waals surface area contributed by atoms with Crippen molar-refractivity contribution in [2.24, 2.45) is 0 Å². The molecule has 0 fully saturated rings. The van der Waals surface area contributed by atoms with Crippen molar-refractivity contribution in [3.05, 3.63) is 12.5 Å². The lowest BCUT2D eigenvalue weighted by atomic mass is 10.5. The molecule has 0 atom stereocenters.